The summed E-state index contributed by atoms with van der Waals surface area (Å²) in [5, 5.41) is 0. The summed E-state index contributed by atoms with van der Waals surface area (Å²) >= 11 is 9.55. The first-order chi connectivity index (χ1) is 7.36. The number of rotatable bonds is 1. The maximum atomic E-state index is 11.8. The van der Waals surface area contributed by atoms with Gasteiger partial charge in [-0.05, 0) is 53.9 Å². The highest BCUT2D eigenvalue weighted by Gasteiger charge is 2.35. The van der Waals surface area contributed by atoms with Crippen molar-refractivity contribution < 1.29 is 9.59 Å². The van der Waals surface area contributed by atoms with Crippen LogP contribution in [0.1, 0.15) is 0 Å². The first-order valence-electron chi connectivity index (χ1n) is 4.63. The minimum atomic E-state index is -0.905. The van der Waals surface area contributed by atoms with Crippen molar-refractivity contribution in [1.82, 2.24) is 9.80 Å². The van der Waals surface area contributed by atoms with Gasteiger partial charge in [0.15, 0.2) is 0 Å². The molecule has 16 heavy (non-hydrogen) atoms. The van der Waals surface area contributed by atoms with E-state index >= 15 is 0 Å². The Bertz CT molecular complexity index is 306. The molecule has 0 aromatic rings. The molecule has 0 aromatic heterocycles. The van der Waals surface area contributed by atoms with Crippen LogP contribution in [0.2, 0.25) is 0 Å². The largest absolute Gasteiger partial charge is 0.336 e. The zero-order chi connectivity index (χ0) is 12.3. The zero-order valence-electron chi connectivity index (χ0n) is 8.46. The molecule has 0 aromatic carbocycles. The number of alkyl halides is 3. The number of carbonyl (C=O) groups excluding carboxylic acids is 2. The van der Waals surface area contributed by atoms with Crippen molar-refractivity contribution in [3.8, 4) is 0 Å². The predicted octanol–water partition coefficient (Wildman–Crippen LogP) is 1.68. The molecule has 1 fully saturated rings. The topological polar surface area (TPSA) is 40.6 Å². The van der Waals surface area contributed by atoms with Crippen LogP contribution in [-0.4, -0.2) is 49.9 Å². The molecule has 90 valence electrons. The summed E-state index contributed by atoms with van der Waals surface area (Å²) in [6.45, 7) is 5.58. The summed E-state index contributed by atoms with van der Waals surface area (Å²) in [5.74, 6) is -0.187. The Balaban J connectivity index is 2.52. The average molecular weight is 419 g/mol. The van der Waals surface area contributed by atoms with Crippen LogP contribution >= 0.6 is 47.8 Å². The number of hydrogen-bond donors (Lipinski definition) is 0. The van der Waals surface area contributed by atoms with Crippen LogP contribution in [0.25, 0.3) is 0 Å². The highest BCUT2D eigenvalue weighted by atomic mass is 80.0. The van der Waals surface area contributed by atoms with Gasteiger partial charge in [-0.2, -0.15) is 0 Å². The Labute approximate surface area is 119 Å². The minimum Gasteiger partial charge on any atom is -0.336 e. The van der Waals surface area contributed by atoms with Crippen molar-refractivity contribution in [2.75, 3.05) is 26.2 Å². The maximum Gasteiger partial charge on any atom is 0.261 e. The Hall–Kier alpha value is 0.120. The molecule has 0 aliphatic carbocycles. The second kappa shape index (κ2) is 5.64. The fourth-order valence-corrected chi connectivity index (χ4v) is 2.19. The van der Waals surface area contributed by atoms with Gasteiger partial charge in [-0.1, -0.05) is 6.58 Å². The fraction of sp³-hybridized carbons (Fsp3) is 0.556. The molecule has 7 heteroatoms. The van der Waals surface area contributed by atoms with Crippen molar-refractivity contribution in [1.29, 1.82) is 0 Å². The number of carbonyl (C=O) groups is 2. The van der Waals surface area contributed by atoms with Crippen molar-refractivity contribution in [2.45, 2.75) is 2.14 Å². The molecule has 4 nitrogen and oxygen atoms in total. The van der Waals surface area contributed by atoms with Crippen molar-refractivity contribution in [2.24, 2.45) is 0 Å². The number of nitrogens with zero attached hydrogens (tertiary/aromatic N) is 2. The van der Waals surface area contributed by atoms with Gasteiger partial charge < -0.3 is 9.80 Å². The standard InChI is InChI=1S/C9H11Br3N2O2/c1-2-7(15)13-3-5-14(6-4-13)8(16)9(10,11)12/h2H,1,3-6H2. The molecule has 0 bridgehead atoms. The molecular formula is C9H11Br3N2O2. The van der Waals surface area contributed by atoms with Crippen molar-refractivity contribution >= 4 is 59.6 Å². The summed E-state index contributed by atoms with van der Waals surface area (Å²) in [5.41, 5.74) is 0. The Kier molecular flexibility index (Phi) is 5.00. The third-order valence-corrected chi connectivity index (χ3v) is 3.31. The Morgan fingerprint density at radius 3 is 1.88 bits per heavy atom. The van der Waals surface area contributed by atoms with Crippen LogP contribution in [-0.2, 0) is 9.59 Å². The molecule has 0 radical (unpaired) electrons. The summed E-state index contributed by atoms with van der Waals surface area (Å²) < 4.78 is -0.905. The summed E-state index contributed by atoms with van der Waals surface area (Å²) in [6, 6.07) is 0. The van der Waals surface area contributed by atoms with Crippen LogP contribution < -0.4 is 0 Å². The highest BCUT2D eigenvalue weighted by Crippen LogP contribution is 2.35. The smallest absolute Gasteiger partial charge is 0.261 e. The highest BCUT2D eigenvalue weighted by molar-refractivity contribution is 9.40. The monoisotopic (exact) mass is 416 g/mol. The molecule has 0 saturated carbocycles. The van der Waals surface area contributed by atoms with Crippen LogP contribution in [0.3, 0.4) is 0 Å². The molecule has 1 heterocycles. The summed E-state index contributed by atoms with van der Waals surface area (Å²) in [7, 11) is 0. The van der Waals surface area contributed by atoms with E-state index in [1.165, 1.54) is 6.08 Å². The SMILES string of the molecule is C=CC(=O)N1CCN(C(=O)C(Br)(Br)Br)CC1. The van der Waals surface area contributed by atoms with E-state index in [1.807, 2.05) is 0 Å². The van der Waals surface area contributed by atoms with E-state index in [1.54, 1.807) is 9.80 Å². The first kappa shape index (κ1) is 14.2. The molecular weight excluding hydrogens is 408 g/mol. The quantitative estimate of drug-likeness (QED) is 0.480. The van der Waals surface area contributed by atoms with Gasteiger partial charge in [0.05, 0.1) is 0 Å². The average Bonchev–Trinajstić information content (AvgIpc) is 2.26. The molecule has 1 saturated heterocycles. The lowest BCUT2D eigenvalue weighted by atomic mass is 10.3. The molecule has 2 amide bonds. The van der Waals surface area contributed by atoms with Crippen molar-refractivity contribution in [3.05, 3.63) is 12.7 Å². The van der Waals surface area contributed by atoms with Crippen molar-refractivity contribution in [3.63, 3.8) is 0 Å². The van der Waals surface area contributed by atoms with E-state index < -0.39 is 2.14 Å². The van der Waals surface area contributed by atoms with E-state index in [9.17, 15) is 9.59 Å². The molecule has 1 aliphatic rings. The van der Waals surface area contributed by atoms with Gasteiger partial charge >= 0.3 is 0 Å². The summed E-state index contributed by atoms with van der Waals surface area (Å²) in [6.07, 6.45) is 1.29. The molecule has 0 atom stereocenters. The lowest BCUT2D eigenvalue weighted by Gasteiger charge is -2.35. The number of amides is 2. The third kappa shape index (κ3) is 3.56. The number of halogens is 3. The zero-order valence-corrected chi connectivity index (χ0v) is 13.2. The number of hydrogen-bond acceptors (Lipinski definition) is 2. The van der Waals surface area contributed by atoms with Gasteiger partial charge in [0.2, 0.25) is 8.05 Å². The van der Waals surface area contributed by atoms with Gasteiger partial charge in [0, 0.05) is 26.2 Å². The van der Waals surface area contributed by atoms with Gasteiger partial charge in [-0.3, -0.25) is 9.59 Å². The Morgan fingerprint density at radius 1 is 1.06 bits per heavy atom. The van der Waals surface area contributed by atoms with E-state index in [2.05, 4.69) is 54.4 Å². The second-order valence-corrected chi connectivity index (χ2v) is 10.1. The molecule has 1 aliphatic heterocycles. The van der Waals surface area contributed by atoms with Crippen LogP contribution in [0, 0.1) is 0 Å². The van der Waals surface area contributed by atoms with Crippen LogP contribution in [0.4, 0.5) is 0 Å². The van der Waals surface area contributed by atoms with E-state index in [4.69, 9.17) is 0 Å². The molecule has 1 rings (SSSR count). The number of piperazine rings is 1. The normalized spacial score (nSPS) is 17.2. The third-order valence-electron chi connectivity index (χ3n) is 2.30. The van der Waals surface area contributed by atoms with Crippen LogP contribution in [0.15, 0.2) is 12.7 Å². The van der Waals surface area contributed by atoms with Crippen LogP contribution in [0.5, 0.6) is 0 Å². The predicted molar refractivity (Wildman–Crippen MR) is 72.9 cm³/mol. The fourth-order valence-electron chi connectivity index (χ4n) is 1.44. The van der Waals surface area contributed by atoms with E-state index in [0.717, 1.165) is 0 Å². The van der Waals surface area contributed by atoms with Gasteiger partial charge in [-0.15, -0.1) is 0 Å². The maximum absolute atomic E-state index is 11.8. The lowest BCUT2D eigenvalue weighted by Crippen LogP contribution is -2.52. The minimum absolute atomic E-state index is 0.0881. The first-order valence-corrected chi connectivity index (χ1v) is 7.01. The summed E-state index contributed by atoms with van der Waals surface area (Å²) in [4.78, 5) is 26.5. The van der Waals surface area contributed by atoms with Gasteiger partial charge in [-0.25, -0.2) is 0 Å². The van der Waals surface area contributed by atoms with Gasteiger partial charge in [0.25, 0.3) is 5.91 Å². The molecule has 0 spiro atoms. The van der Waals surface area contributed by atoms with Gasteiger partial charge in [0.1, 0.15) is 0 Å². The second-order valence-electron chi connectivity index (χ2n) is 3.32. The Morgan fingerprint density at radius 2 is 1.50 bits per heavy atom. The van der Waals surface area contributed by atoms with E-state index in [0.29, 0.717) is 26.2 Å². The molecule has 0 N–H and O–H groups in total. The lowest BCUT2D eigenvalue weighted by molar-refractivity contribution is -0.135. The van der Waals surface area contributed by atoms with E-state index in [-0.39, 0.29) is 11.8 Å². The molecule has 0 unspecified atom stereocenters.